The molecule has 0 radical (unpaired) electrons. The number of ether oxygens (including phenoxy) is 1. The first kappa shape index (κ1) is 14.4. The maximum atomic E-state index is 10.7. The SMILES string of the molecule is Cc1cc(CN2CCOC(CC(=O)O)C2)ncc1Br. The molecule has 1 saturated heterocycles. The third-order valence-electron chi connectivity index (χ3n) is 3.11. The fraction of sp³-hybridized carbons (Fsp3) is 0.538. The topological polar surface area (TPSA) is 62.7 Å². The fourth-order valence-corrected chi connectivity index (χ4v) is 2.37. The van der Waals surface area contributed by atoms with Crippen LogP contribution < -0.4 is 0 Å². The molecule has 2 heterocycles. The number of morpholine rings is 1. The predicted octanol–water partition coefficient (Wildman–Crippen LogP) is 1.83. The predicted molar refractivity (Wildman–Crippen MR) is 73.9 cm³/mol. The van der Waals surface area contributed by atoms with Gasteiger partial charge in [0.1, 0.15) is 0 Å². The minimum Gasteiger partial charge on any atom is -0.481 e. The third kappa shape index (κ3) is 4.26. The Hall–Kier alpha value is -0.980. The summed E-state index contributed by atoms with van der Waals surface area (Å²) < 4.78 is 6.45. The smallest absolute Gasteiger partial charge is 0.306 e. The molecule has 0 bridgehead atoms. The van der Waals surface area contributed by atoms with Crippen LogP contribution in [0.25, 0.3) is 0 Å². The Labute approximate surface area is 120 Å². The third-order valence-corrected chi connectivity index (χ3v) is 3.94. The number of pyridine rings is 1. The molecule has 6 heteroatoms. The first-order valence-corrected chi connectivity index (χ1v) is 7.00. The van der Waals surface area contributed by atoms with Gasteiger partial charge >= 0.3 is 5.97 Å². The molecule has 1 N–H and O–H groups in total. The second-order valence-corrected chi connectivity index (χ2v) is 5.60. The van der Waals surface area contributed by atoms with Crippen LogP contribution in [0.2, 0.25) is 0 Å². The van der Waals surface area contributed by atoms with E-state index in [4.69, 9.17) is 9.84 Å². The van der Waals surface area contributed by atoms with Gasteiger partial charge in [0.2, 0.25) is 0 Å². The molecule has 5 nitrogen and oxygen atoms in total. The van der Waals surface area contributed by atoms with Crippen LogP contribution >= 0.6 is 15.9 Å². The van der Waals surface area contributed by atoms with Crippen LogP contribution in [-0.2, 0) is 16.1 Å². The van der Waals surface area contributed by atoms with Gasteiger partial charge in [-0.2, -0.15) is 0 Å². The Morgan fingerprint density at radius 2 is 2.47 bits per heavy atom. The summed E-state index contributed by atoms with van der Waals surface area (Å²) in [6, 6.07) is 2.05. The number of nitrogens with zero attached hydrogens (tertiary/aromatic N) is 2. The summed E-state index contributed by atoms with van der Waals surface area (Å²) in [5.41, 5.74) is 2.15. The number of rotatable bonds is 4. The summed E-state index contributed by atoms with van der Waals surface area (Å²) >= 11 is 3.43. The molecule has 1 atom stereocenters. The Balaban J connectivity index is 1.94. The van der Waals surface area contributed by atoms with E-state index in [2.05, 4.69) is 25.8 Å². The monoisotopic (exact) mass is 328 g/mol. The lowest BCUT2D eigenvalue weighted by molar-refractivity contribution is -0.142. The van der Waals surface area contributed by atoms with Gasteiger partial charge < -0.3 is 9.84 Å². The van der Waals surface area contributed by atoms with E-state index < -0.39 is 5.97 Å². The Morgan fingerprint density at radius 3 is 3.16 bits per heavy atom. The maximum Gasteiger partial charge on any atom is 0.306 e. The number of aromatic nitrogens is 1. The van der Waals surface area contributed by atoms with E-state index in [0.717, 1.165) is 28.8 Å². The second-order valence-electron chi connectivity index (χ2n) is 4.75. The van der Waals surface area contributed by atoms with E-state index in [-0.39, 0.29) is 12.5 Å². The van der Waals surface area contributed by atoms with Crippen molar-refractivity contribution >= 4 is 21.9 Å². The molecule has 1 fully saturated rings. The Kier molecular flexibility index (Phi) is 4.90. The standard InChI is InChI=1S/C13H17BrN2O3/c1-9-4-10(15-6-12(9)14)7-16-2-3-19-11(8-16)5-13(17)18/h4,6,11H,2-3,5,7-8H2,1H3,(H,17,18). The fourth-order valence-electron chi connectivity index (χ4n) is 2.16. The van der Waals surface area contributed by atoms with E-state index in [1.165, 1.54) is 0 Å². The molecule has 0 spiro atoms. The van der Waals surface area contributed by atoms with Crippen LogP contribution in [-0.4, -0.2) is 46.8 Å². The van der Waals surface area contributed by atoms with Crippen molar-refractivity contribution in [1.82, 2.24) is 9.88 Å². The molecule has 0 amide bonds. The lowest BCUT2D eigenvalue weighted by Crippen LogP contribution is -2.42. The summed E-state index contributed by atoms with van der Waals surface area (Å²) in [4.78, 5) is 17.3. The van der Waals surface area contributed by atoms with E-state index in [0.29, 0.717) is 13.2 Å². The van der Waals surface area contributed by atoms with Gasteiger partial charge in [0.25, 0.3) is 0 Å². The zero-order valence-corrected chi connectivity index (χ0v) is 12.4. The average molecular weight is 329 g/mol. The molecule has 1 aromatic heterocycles. The molecule has 0 aliphatic carbocycles. The molecule has 1 unspecified atom stereocenters. The zero-order chi connectivity index (χ0) is 13.8. The molecule has 1 aliphatic heterocycles. The van der Waals surface area contributed by atoms with Crippen LogP contribution in [0.3, 0.4) is 0 Å². The van der Waals surface area contributed by atoms with Gasteiger partial charge in [-0.15, -0.1) is 0 Å². The van der Waals surface area contributed by atoms with Gasteiger partial charge in [0, 0.05) is 30.3 Å². The molecule has 19 heavy (non-hydrogen) atoms. The largest absolute Gasteiger partial charge is 0.481 e. The van der Waals surface area contributed by atoms with Gasteiger partial charge in [-0.05, 0) is 34.5 Å². The summed E-state index contributed by atoms with van der Waals surface area (Å²) in [6.45, 7) is 4.79. The van der Waals surface area contributed by atoms with Crippen LogP contribution in [0, 0.1) is 6.92 Å². The van der Waals surface area contributed by atoms with Crippen molar-refractivity contribution in [2.75, 3.05) is 19.7 Å². The quantitative estimate of drug-likeness (QED) is 0.913. The molecule has 0 saturated carbocycles. The number of aryl methyl sites for hydroxylation is 1. The highest BCUT2D eigenvalue weighted by Gasteiger charge is 2.22. The highest BCUT2D eigenvalue weighted by molar-refractivity contribution is 9.10. The maximum absolute atomic E-state index is 10.7. The molecule has 0 aromatic carbocycles. The van der Waals surface area contributed by atoms with Crippen molar-refractivity contribution in [3.8, 4) is 0 Å². The van der Waals surface area contributed by atoms with Gasteiger partial charge in [0.15, 0.2) is 0 Å². The lowest BCUT2D eigenvalue weighted by atomic mass is 10.2. The van der Waals surface area contributed by atoms with Gasteiger partial charge in [-0.3, -0.25) is 14.7 Å². The molecular formula is C13H17BrN2O3. The van der Waals surface area contributed by atoms with E-state index in [1.54, 1.807) is 6.20 Å². The Morgan fingerprint density at radius 1 is 1.68 bits per heavy atom. The van der Waals surface area contributed by atoms with Crippen LogP contribution in [0.5, 0.6) is 0 Å². The number of carboxylic acids is 1. The first-order valence-electron chi connectivity index (χ1n) is 6.21. The minimum absolute atomic E-state index is 0.0588. The Bertz CT molecular complexity index is 467. The first-order chi connectivity index (χ1) is 9.04. The number of halogens is 1. The molecular weight excluding hydrogens is 312 g/mol. The van der Waals surface area contributed by atoms with Crippen molar-refractivity contribution in [2.24, 2.45) is 0 Å². The second kappa shape index (κ2) is 6.45. The van der Waals surface area contributed by atoms with Gasteiger partial charge in [-0.25, -0.2) is 0 Å². The van der Waals surface area contributed by atoms with Crippen molar-refractivity contribution < 1.29 is 14.6 Å². The molecule has 1 aromatic rings. The highest BCUT2D eigenvalue weighted by atomic mass is 79.9. The van der Waals surface area contributed by atoms with E-state index >= 15 is 0 Å². The average Bonchev–Trinajstić information content (AvgIpc) is 2.33. The van der Waals surface area contributed by atoms with Gasteiger partial charge in [-0.1, -0.05) is 0 Å². The summed E-state index contributed by atoms with van der Waals surface area (Å²) in [6.07, 6.45) is 1.64. The molecule has 2 rings (SSSR count). The number of hydrogen-bond acceptors (Lipinski definition) is 4. The van der Waals surface area contributed by atoms with Crippen LogP contribution in [0.1, 0.15) is 17.7 Å². The molecule has 1 aliphatic rings. The summed E-state index contributed by atoms with van der Waals surface area (Å²) in [5, 5.41) is 8.79. The van der Waals surface area contributed by atoms with E-state index in [9.17, 15) is 4.79 Å². The molecule has 104 valence electrons. The number of carbonyl (C=O) groups is 1. The zero-order valence-electron chi connectivity index (χ0n) is 10.8. The number of carboxylic acid groups (broad SMARTS) is 1. The van der Waals surface area contributed by atoms with Crippen molar-refractivity contribution in [3.05, 3.63) is 28.0 Å². The van der Waals surface area contributed by atoms with E-state index in [1.807, 2.05) is 13.0 Å². The number of aliphatic carboxylic acids is 1. The summed E-state index contributed by atoms with van der Waals surface area (Å²) in [7, 11) is 0. The normalized spacial score (nSPS) is 20.4. The lowest BCUT2D eigenvalue weighted by Gasteiger charge is -2.32. The van der Waals surface area contributed by atoms with Crippen LogP contribution in [0.15, 0.2) is 16.7 Å². The summed E-state index contributed by atoms with van der Waals surface area (Å²) in [5.74, 6) is -0.815. The highest BCUT2D eigenvalue weighted by Crippen LogP contribution is 2.17. The van der Waals surface area contributed by atoms with Crippen molar-refractivity contribution in [2.45, 2.75) is 26.0 Å². The van der Waals surface area contributed by atoms with Crippen molar-refractivity contribution in [1.29, 1.82) is 0 Å². The van der Waals surface area contributed by atoms with Crippen LogP contribution in [0.4, 0.5) is 0 Å². The van der Waals surface area contributed by atoms with Crippen molar-refractivity contribution in [3.63, 3.8) is 0 Å². The minimum atomic E-state index is -0.815. The van der Waals surface area contributed by atoms with Gasteiger partial charge in [0.05, 0.1) is 24.8 Å². The number of hydrogen-bond donors (Lipinski definition) is 1.